The summed E-state index contributed by atoms with van der Waals surface area (Å²) in [4.78, 5) is 19.9. The SMILES string of the molecule is CC(C)CN1CCN(Cc2cccnc2C(=O)O)CC1. The standard InChI is InChI=1S/C15H23N3O2/c1-12(2)10-17-6-8-18(9-7-17)11-13-4-3-5-16-14(13)15(19)20/h3-5,12H,6-11H2,1-2H3,(H,19,20). The number of nitrogens with zero attached hydrogens (tertiary/aromatic N) is 3. The summed E-state index contributed by atoms with van der Waals surface area (Å²) in [7, 11) is 0. The van der Waals surface area contributed by atoms with Gasteiger partial charge in [-0.15, -0.1) is 0 Å². The van der Waals surface area contributed by atoms with Crippen molar-refractivity contribution in [2.24, 2.45) is 5.92 Å². The van der Waals surface area contributed by atoms with E-state index >= 15 is 0 Å². The van der Waals surface area contributed by atoms with Crippen LogP contribution < -0.4 is 0 Å². The summed E-state index contributed by atoms with van der Waals surface area (Å²) >= 11 is 0. The number of carboxylic acid groups (broad SMARTS) is 1. The van der Waals surface area contributed by atoms with Gasteiger partial charge in [0.25, 0.3) is 0 Å². The first-order chi connectivity index (χ1) is 9.56. The quantitative estimate of drug-likeness (QED) is 0.885. The molecule has 1 saturated heterocycles. The zero-order valence-electron chi connectivity index (χ0n) is 12.2. The average molecular weight is 277 g/mol. The maximum Gasteiger partial charge on any atom is 0.354 e. The molecule has 5 nitrogen and oxygen atoms in total. The predicted molar refractivity (Wildman–Crippen MR) is 77.8 cm³/mol. The zero-order chi connectivity index (χ0) is 14.5. The highest BCUT2D eigenvalue weighted by atomic mass is 16.4. The van der Waals surface area contributed by atoms with Crippen LogP contribution in [-0.2, 0) is 6.54 Å². The molecule has 1 aliphatic rings. The van der Waals surface area contributed by atoms with E-state index in [4.69, 9.17) is 5.11 Å². The molecular formula is C15H23N3O2. The number of piperazine rings is 1. The Labute approximate surface area is 120 Å². The molecule has 5 heteroatoms. The normalized spacial score (nSPS) is 17.6. The Bertz CT molecular complexity index is 454. The highest BCUT2D eigenvalue weighted by molar-refractivity contribution is 5.86. The van der Waals surface area contributed by atoms with Crippen molar-refractivity contribution in [3.8, 4) is 0 Å². The van der Waals surface area contributed by atoms with E-state index in [-0.39, 0.29) is 5.69 Å². The maximum absolute atomic E-state index is 11.1. The lowest BCUT2D eigenvalue weighted by Gasteiger charge is -2.35. The number of aromatic carboxylic acids is 1. The third kappa shape index (κ3) is 4.02. The zero-order valence-corrected chi connectivity index (χ0v) is 12.2. The molecule has 1 aromatic rings. The Balaban J connectivity index is 1.91. The Morgan fingerprint density at radius 3 is 2.55 bits per heavy atom. The van der Waals surface area contributed by atoms with Gasteiger partial charge in [0.1, 0.15) is 0 Å². The number of carboxylic acids is 1. The number of rotatable bonds is 5. The summed E-state index contributed by atoms with van der Waals surface area (Å²) in [6.07, 6.45) is 1.54. The highest BCUT2D eigenvalue weighted by Gasteiger charge is 2.19. The van der Waals surface area contributed by atoms with Crippen molar-refractivity contribution in [2.75, 3.05) is 32.7 Å². The van der Waals surface area contributed by atoms with E-state index in [0.717, 1.165) is 38.3 Å². The van der Waals surface area contributed by atoms with Crippen molar-refractivity contribution in [3.05, 3.63) is 29.6 Å². The van der Waals surface area contributed by atoms with E-state index in [9.17, 15) is 4.79 Å². The number of hydrogen-bond acceptors (Lipinski definition) is 4. The van der Waals surface area contributed by atoms with Crippen molar-refractivity contribution in [1.82, 2.24) is 14.8 Å². The molecule has 1 aliphatic heterocycles. The van der Waals surface area contributed by atoms with Crippen molar-refractivity contribution in [1.29, 1.82) is 0 Å². The molecule has 0 bridgehead atoms. The molecule has 0 unspecified atom stereocenters. The number of carbonyl (C=O) groups is 1. The lowest BCUT2D eigenvalue weighted by Crippen LogP contribution is -2.47. The molecule has 0 amide bonds. The van der Waals surface area contributed by atoms with E-state index in [0.29, 0.717) is 12.5 Å². The molecule has 0 aromatic carbocycles. The van der Waals surface area contributed by atoms with Gasteiger partial charge in [-0.25, -0.2) is 9.78 Å². The Morgan fingerprint density at radius 2 is 1.95 bits per heavy atom. The van der Waals surface area contributed by atoms with Gasteiger partial charge in [0.15, 0.2) is 5.69 Å². The predicted octanol–water partition coefficient (Wildman–Crippen LogP) is 1.55. The first-order valence-electron chi connectivity index (χ1n) is 7.18. The summed E-state index contributed by atoms with van der Waals surface area (Å²) in [5.74, 6) is -0.252. The minimum Gasteiger partial charge on any atom is -0.477 e. The molecule has 1 aromatic heterocycles. The second-order valence-electron chi connectivity index (χ2n) is 5.79. The highest BCUT2D eigenvalue weighted by Crippen LogP contribution is 2.12. The Kier molecular flexibility index (Phi) is 5.09. The van der Waals surface area contributed by atoms with Crippen LogP contribution in [0.15, 0.2) is 18.3 Å². The van der Waals surface area contributed by atoms with Crippen molar-refractivity contribution >= 4 is 5.97 Å². The summed E-state index contributed by atoms with van der Waals surface area (Å²) in [5.41, 5.74) is 0.981. The minimum absolute atomic E-state index is 0.178. The van der Waals surface area contributed by atoms with Crippen LogP contribution >= 0.6 is 0 Å². The van der Waals surface area contributed by atoms with Crippen molar-refractivity contribution < 1.29 is 9.90 Å². The van der Waals surface area contributed by atoms with Gasteiger partial charge < -0.3 is 10.0 Å². The molecule has 0 aliphatic carbocycles. The molecule has 110 valence electrons. The maximum atomic E-state index is 11.1. The van der Waals surface area contributed by atoms with E-state index in [1.807, 2.05) is 6.07 Å². The van der Waals surface area contributed by atoms with Gasteiger partial charge in [-0.05, 0) is 17.5 Å². The molecule has 20 heavy (non-hydrogen) atoms. The van der Waals surface area contributed by atoms with Crippen LogP contribution in [0, 0.1) is 5.92 Å². The Hall–Kier alpha value is -1.46. The summed E-state index contributed by atoms with van der Waals surface area (Å²) in [5, 5.41) is 9.15. The first kappa shape index (κ1) is 14.9. The second kappa shape index (κ2) is 6.81. The summed E-state index contributed by atoms with van der Waals surface area (Å²) in [6.45, 7) is 10.4. The van der Waals surface area contributed by atoms with Gasteiger partial charge in [-0.1, -0.05) is 19.9 Å². The molecule has 2 rings (SSSR count). The van der Waals surface area contributed by atoms with Crippen LogP contribution in [0.3, 0.4) is 0 Å². The number of pyridine rings is 1. The van der Waals surface area contributed by atoms with Gasteiger partial charge in [-0.3, -0.25) is 4.90 Å². The molecule has 1 N–H and O–H groups in total. The topological polar surface area (TPSA) is 56.7 Å². The average Bonchev–Trinajstić information content (AvgIpc) is 2.41. The van der Waals surface area contributed by atoms with Crippen LogP contribution in [-0.4, -0.2) is 58.6 Å². The van der Waals surface area contributed by atoms with Crippen LogP contribution in [0.5, 0.6) is 0 Å². The Morgan fingerprint density at radius 1 is 1.30 bits per heavy atom. The summed E-state index contributed by atoms with van der Waals surface area (Å²) in [6, 6.07) is 3.66. The molecular weight excluding hydrogens is 254 g/mol. The van der Waals surface area contributed by atoms with Crippen molar-refractivity contribution in [2.45, 2.75) is 20.4 Å². The summed E-state index contributed by atoms with van der Waals surface area (Å²) < 4.78 is 0. The molecule has 0 radical (unpaired) electrons. The smallest absolute Gasteiger partial charge is 0.354 e. The minimum atomic E-state index is -0.945. The van der Waals surface area contributed by atoms with Gasteiger partial charge in [0.05, 0.1) is 0 Å². The van der Waals surface area contributed by atoms with Crippen LogP contribution in [0.1, 0.15) is 29.9 Å². The lowest BCUT2D eigenvalue weighted by molar-refractivity contribution is 0.0685. The molecule has 0 saturated carbocycles. The first-order valence-corrected chi connectivity index (χ1v) is 7.18. The number of hydrogen-bond donors (Lipinski definition) is 1. The fraction of sp³-hybridized carbons (Fsp3) is 0.600. The van der Waals surface area contributed by atoms with Gasteiger partial charge in [0.2, 0.25) is 0 Å². The van der Waals surface area contributed by atoms with Gasteiger partial charge in [-0.2, -0.15) is 0 Å². The molecule has 0 spiro atoms. The molecule has 1 fully saturated rings. The van der Waals surface area contributed by atoms with E-state index in [1.165, 1.54) is 6.20 Å². The lowest BCUT2D eigenvalue weighted by atomic mass is 10.1. The third-order valence-corrected chi connectivity index (χ3v) is 3.58. The fourth-order valence-corrected chi connectivity index (χ4v) is 2.65. The van der Waals surface area contributed by atoms with Gasteiger partial charge >= 0.3 is 5.97 Å². The van der Waals surface area contributed by atoms with E-state index in [2.05, 4.69) is 28.6 Å². The van der Waals surface area contributed by atoms with Crippen LogP contribution in [0.25, 0.3) is 0 Å². The van der Waals surface area contributed by atoms with Crippen LogP contribution in [0.4, 0.5) is 0 Å². The van der Waals surface area contributed by atoms with Crippen molar-refractivity contribution in [3.63, 3.8) is 0 Å². The van der Waals surface area contributed by atoms with E-state index in [1.54, 1.807) is 6.07 Å². The van der Waals surface area contributed by atoms with E-state index < -0.39 is 5.97 Å². The number of aromatic nitrogens is 1. The molecule has 0 atom stereocenters. The molecule has 2 heterocycles. The van der Waals surface area contributed by atoms with Gasteiger partial charge in [0, 0.05) is 45.5 Å². The van der Waals surface area contributed by atoms with Crippen LogP contribution in [0.2, 0.25) is 0 Å². The monoisotopic (exact) mass is 277 g/mol. The fourth-order valence-electron chi connectivity index (χ4n) is 2.65. The third-order valence-electron chi connectivity index (χ3n) is 3.58. The largest absolute Gasteiger partial charge is 0.477 e. The second-order valence-corrected chi connectivity index (χ2v) is 5.79.